The van der Waals surface area contributed by atoms with Gasteiger partial charge in [-0.05, 0) is 40.5 Å². The molecule has 2 heterocycles. The van der Waals surface area contributed by atoms with E-state index in [9.17, 15) is 5.11 Å². The summed E-state index contributed by atoms with van der Waals surface area (Å²) in [5.74, 6) is 0. The van der Waals surface area contributed by atoms with Gasteiger partial charge >= 0.3 is 0 Å². The van der Waals surface area contributed by atoms with E-state index in [2.05, 4.69) is 26.0 Å². The van der Waals surface area contributed by atoms with E-state index in [-0.39, 0.29) is 0 Å². The topological polar surface area (TPSA) is 50.9 Å². The van der Waals surface area contributed by atoms with Crippen LogP contribution in [-0.2, 0) is 13.0 Å². The second-order valence-corrected chi connectivity index (χ2v) is 4.72. The Morgan fingerprint density at radius 1 is 1.47 bits per heavy atom. The Morgan fingerprint density at radius 2 is 2.29 bits per heavy atom. The van der Waals surface area contributed by atoms with E-state index in [1.54, 1.807) is 23.3 Å². The summed E-state index contributed by atoms with van der Waals surface area (Å²) in [5, 5.41) is 14.3. The van der Waals surface area contributed by atoms with Gasteiger partial charge in [0.2, 0.25) is 0 Å². The molecule has 0 aliphatic heterocycles. The number of halogens is 1. The smallest absolute Gasteiger partial charge is 0.0997 e. The number of hydrogen-bond donors (Lipinski definition) is 1. The third-order valence-corrected chi connectivity index (χ3v) is 3.01. The van der Waals surface area contributed by atoms with Crippen molar-refractivity contribution in [3.8, 4) is 0 Å². The van der Waals surface area contributed by atoms with Crippen molar-refractivity contribution in [2.75, 3.05) is 0 Å². The first-order valence-electron chi connectivity index (χ1n) is 5.50. The van der Waals surface area contributed by atoms with Gasteiger partial charge in [0.05, 0.1) is 11.8 Å². The normalized spacial score (nSPS) is 12.6. The van der Waals surface area contributed by atoms with Crippen molar-refractivity contribution in [1.82, 2.24) is 14.8 Å². The second kappa shape index (κ2) is 5.42. The van der Waals surface area contributed by atoms with Crippen LogP contribution >= 0.6 is 15.9 Å². The van der Waals surface area contributed by atoms with E-state index < -0.39 is 6.10 Å². The number of rotatable bonds is 4. The van der Waals surface area contributed by atoms with Crippen LogP contribution in [0.3, 0.4) is 0 Å². The molecule has 0 aromatic carbocycles. The van der Waals surface area contributed by atoms with E-state index in [0.29, 0.717) is 6.42 Å². The fourth-order valence-corrected chi connectivity index (χ4v) is 2.20. The number of pyridine rings is 1. The van der Waals surface area contributed by atoms with Crippen LogP contribution in [0.4, 0.5) is 0 Å². The highest BCUT2D eigenvalue weighted by Crippen LogP contribution is 2.19. The molecule has 2 rings (SSSR count). The number of hydrogen-bond acceptors (Lipinski definition) is 3. The monoisotopic (exact) mass is 295 g/mol. The molecular formula is C12H14BrN3O. The second-order valence-electron chi connectivity index (χ2n) is 3.80. The van der Waals surface area contributed by atoms with Gasteiger partial charge in [0, 0.05) is 36.0 Å². The summed E-state index contributed by atoms with van der Waals surface area (Å²) in [7, 11) is 0. The maximum Gasteiger partial charge on any atom is 0.0997 e. The Kier molecular flexibility index (Phi) is 3.91. The summed E-state index contributed by atoms with van der Waals surface area (Å²) in [5.41, 5.74) is 1.84. The molecule has 17 heavy (non-hydrogen) atoms. The van der Waals surface area contributed by atoms with Crippen LogP contribution in [0.2, 0.25) is 0 Å². The Hall–Kier alpha value is -1.20. The Bertz CT molecular complexity index is 498. The molecule has 4 nitrogen and oxygen atoms in total. The van der Waals surface area contributed by atoms with Crippen molar-refractivity contribution in [3.05, 3.63) is 46.5 Å². The average Bonchev–Trinajstić information content (AvgIpc) is 2.77. The minimum Gasteiger partial charge on any atom is -0.386 e. The molecule has 1 N–H and O–H groups in total. The van der Waals surface area contributed by atoms with Gasteiger partial charge in [0.25, 0.3) is 0 Å². The van der Waals surface area contributed by atoms with Crippen molar-refractivity contribution in [2.45, 2.75) is 26.0 Å². The van der Waals surface area contributed by atoms with Gasteiger partial charge in [-0.1, -0.05) is 0 Å². The number of aryl methyl sites for hydroxylation is 1. The number of aromatic nitrogens is 3. The largest absolute Gasteiger partial charge is 0.386 e. The Balaban J connectivity index is 2.14. The molecule has 0 fully saturated rings. The van der Waals surface area contributed by atoms with E-state index in [0.717, 1.165) is 22.3 Å². The molecule has 0 saturated heterocycles. The molecule has 0 radical (unpaired) electrons. The standard InChI is InChI=1S/C12H14BrN3O/c1-2-16-11(3-4-15-16)12(17)6-9-5-10(13)8-14-7-9/h3-5,7-8,12,17H,2,6H2,1H3. The Labute approximate surface area is 108 Å². The van der Waals surface area contributed by atoms with E-state index >= 15 is 0 Å². The molecule has 0 aliphatic rings. The molecule has 2 aromatic rings. The van der Waals surface area contributed by atoms with Crippen LogP contribution < -0.4 is 0 Å². The minimum absolute atomic E-state index is 0.540. The molecule has 90 valence electrons. The van der Waals surface area contributed by atoms with Gasteiger partial charge in [-0.25, -0.2) is 0 Å². The third-order valence-electron chi connectivity index (χ3n) is 2.58. The molecule has 1 atom stereocenters. The highest BCUT2D eigenvalue weighted by atomic mass is 79.9. The summed E-state index contributed by atoms with van der Waals surface area (Å²) in [6.07, 6.45) is 5.19. The summed E-state index contributed by atoms with van der Waals surface area (Å²) >= 11 is 3.37. The lowest BCUT2D eigenvalue weighted by Crippen LogP contribution is -2.10. The van der Waals surface area contributed by atoms with Crippen LogP contribution in [0.1, 0.15) is 24.3 Å². The molecule has 0 spiro atoms. The van der Waals surface area contributed by atoms with Crippen molar-refractivity contribution in [3.63, 3.8) is 0 Å². The highest BCUT2D eigenvalue weighted by Gasteiger charge is 2.13. The van der Waals surface area contributed by atoms with Gasteiger partial charge in [-0.15, -0.1) is 0 Å². The minimum atomic E-state index is -0.548. The SMILES string of the molecule is CCn1nccc1C(O)Cc1cncc(Br)c1. The molecule has 0 bridgehead atoms. The van der Waals surface area contributed by atoms with Crippen molar-refractivity contribution in [1.29, 1.82) is 0 Å². The molecule has 0 aliphatic carbocycles. The van der Waals surface area contributed by atoms with Crippen LogP contribution in [0.25, 0.3) is 0 Å². The lowest BCUT2D eigenvalue weighted by atomic mass is 10.1. The van der Waals surface area contributed by atoms with Crippen molar-refractivity contribution in [2.24, 2.45) is 0 Å². The van der Waals surface area contributed by atoms with E-state index in [4.69, 9.17) is 0 Å². The fraction of sp³-hybridized carbons (Fsp3) is 0.333. The van der Waals surface area contributed by atoms with Crippen LogP contribution in [0, 0.1) is 0 Å². The maximum absolute atomic E-state index is 10.2. The van der Waals surface area contributed by atoms with Gasteiger partial charge in [-0.2, -0.15) is 5.10 Å². The highest BCUT2D eigenvalue weighted by molar-refractivity contribution is 9.10. The zero-order valence-corrected chi connectivity index (χ0v) is 11.1. The van der Waals surface area contributed by atoms with Gasteiger partial charge in [0.1, 0.15) is 0 Å². The van der Waals surface area contributed by atoms with Gasteiger partial charge < -0.3 is 5.11 Å². The zero-order chi connectivity index (χ0) is 12.3. The maximum atomic E-state index is 10.2. The summed E-state index contributed by atoms with van der Waals surface area (Å²) < 4.78 is 2.72. The van der Waals surface area contributed by atoms with Gasteiger partial charge in [-0.3, -0.25) is 9.67 Å². The predicted molar refractivity (Wildman–Crippen MR) is 68.5 cm³/mol. The van der Waals surface area contributed by atoms with Crippen molar-refractivity contribution < 1.29 is 5.11 Å². The summed E-state index contributed by atoms with van der Waals surface area (Å²) in [6.45, 7) is 2.76. The number of aliphatic hydroxyl groups excluding tert-OH is 1. The van der Waals surface area contributed by atoms with Crippen LogP contribution in [-0.4, -0.2) is 19.9 Å². The third kappa shape index (κ3) is 2.92. The summed E-state index contributed by atoms with van der Waals surface area (Å²) in [4.78, 5) is 4.08. The van der Waals surface area contributed by atoms with E-state index in [1.807, 2.05) is 19.1 Å². The lowest BCUT2D eigenvalue weighted by molar-refractivity contribution is 0.167. The number of nitrogens with zero attached hydrogens (tertiary/aromatic N) is 3. The van der Waals surface area contributed by atoms with E-state index in [1.165, 1.54) is 0 Å². The van der Waals surface area contributed by atoms with Crippen molar-refractivity contribution >= 4 is 15.9 Å². The summed E-state index contributed by atoms with van der Waals surface area (Å²) in [6, 6.07) is 3.81. The number of aliphatic hydroxyl groups is 1. The first kappa shape index (κ1) is 12.3. The van der Waals surface area contributed by atoms with Crippen LogP contribution in [0.15, 0.2) is 35.2 Å². The lowest BCUT2D eigenvalue weighted by Gasteiger charge is -2.12. The molecule has 5 heteroatoms. The first-order valence-corrected chi connectivity index (χ1v) is 6.29. The zero-order valence-electron chi connectivity index (χ0n) is 9.55. The fourth-order valence-electron chi connectivity index (χ4n) is 1.79. The molecule has 1 unspecified atom stereocenters. The average molecular weight is 296 g/mol. The Morgan fingerprint density at radius 3 is 3.00 bits per heavy atom. The quantitative estimate of drug-likeness (QED) is 0.942. The first-order chi connectivity index (χ1) is 8.20. The van der Waals surface area contributed by atoms with Gasteiger partial charge in [0.15, 0.2) is 0 Å². The predicted octanol–water partition coefficient (Wildman–Crippen LogP) is 2.34. The molecular weight excluding hydrogens is 282 g/mol. The molecule has 0 saturated carbocycles. The molecule has 2 aromatic heterocycles. The molecule has 0 amide bonds. The van der Waals surface area contributed by atoms with Crippen LogP contribution in [0.5, 0.6) is 0 Å².